The van der Waals surface area contributed by atoms with E-state index < -0.39 is 0 Å². The van der Waals surface area contributed by atoms with Crippen LogP contribution in [0.4, 0.5) is 0 Å². The van der Waals surface area contributed by atoms with Gasteiger partial charge in [0.15, 0.2) is 5.82 Å². The minimum absolute atomic E-state index is 0.131. The molecule has 0 spiro atoms. The maximum atomic E-state index is 11.5. The highest BCUT2D eigenvalue weighted by Crippen LogP contribution is 2.32. The maximum absolute atomic E-state index is 11.5. The van der Waals surface area contributed by atoms with Crippen molar-refractivity contribution in [1.82, 2.24) is 20.2 Å². The zero-order valence-corrected chi connectivity index (χ0v) is 19.8. The monoisotopic (exact) mass is 448 g/mol. The van der Waals surface area contributed by atoms with Crippen molar-refractivity contribution in [2.24, 2.45) is 5.92 Å². The van der Waals surface area contributed by atoms with E-state index in [0.29, 0.717) is 30.8 Å². The molecule has 1 aliphatic rings. The first kappa shape index (κ1) is 24.2. The van der Waals surface area contributed by atoms with Gasteiger partial charge in [-0.15, -0.1) is 5.10 Å². The molecule has 0 bridgehead atoms. The molecule has 1 atom stereocenters. The molecule has 7 heteroatoms. The van der Waals surface area contributed by atoms with Crippen LogP contribution in [0.25, 0.3) is 28.1 Å². The van der Waals surface area contributed by atoms with Crippen LogP contribution in [-0.4, -0.2) is 39.9 Å². The van der Waals surface area contributed by atoms with E-state index in [1.54, 1.807) is 0 Å². The van der Waals surface area contributed by atoms with Gasteiger partial charge in [0.2, 0.25) is 0 Å². The lowest BCUT2D eigenvalue weighted by Crippen LogP contribution is -2.12. The van der Waals surface area contributed by atoms with Crippen molar-refractivity contribution in [2.45, 2.75) is 46.5 Å². The number of carbonyl (C=O) groups is 1. The summed E-state index contributed by atoms with van der Waals surface area (Å²) in [5.41, 5.74) is 5.34. The van der Waals surface area contributed by atoms with Crippen molar-refractivity contribution in [3.8, 4) is 28.5 Å². The molecule has 0 saturated carbocycles. The Morgan fingerprint density at radius 3 is 2.42 bits per heavy atom. The minimum Gasteiger partial charge on any atom is -0.469 e. The van der Waals surface area contributed by atoms with Crippen LogP contribution >= 0.6 is 0 Å². The van der Waals surface area contributed by atoms with E-state index in [1.807, 2.05) is 51.2 Å². The molecule has 1 unspecified atom stereocenters. The summed E-state index contributed by atoms with van der Waals surface area (Å²) in [5.74, 6) is 0.912. The highest BCUT2D eigenvalue weighted by atomic mass is 16.5. The van der Waals surface area contributed by atoms with E-state index in [4.69, 9.17) is 9.47 Å². The first-order valence-electron chi connectivity index (χ1n) is 11.5. The normalized spacial score (nSPS) is 15.2. The first-order chi connectivity index (χ1) is 16.2. The molecule has 33 heavy (non-hydrogen) atoms. The second-order valence-electron chi connectivity index (χ2n) is 7.56. The van der Waals surface area contributed by atoms with Crippen LogP contribution in [0.2, 0.25) is 0 Å². The molecule has 1 N–H and O–H groups in total. The molecule has 0 aliphatic heterocycles. The fourth-order valence-corrected chi connectivity index (χ4v) is 3.77. The highest BCUT2D eigenvalue weighted by molar-refractivity contribution is 5.71. The Kier molecular flexibility index (Phi) is 8.75. The Labute approximate surface area is 195 Å². The van der Waals surface area contributed by atoms with Gasteiger partial charge in [0.25, 0.3) is 0 Å². The Bertz CT molecular complexity index is 1060. The fraction of sp³-hybridized carbons (Fsp3) is 0.385. The number of carbonyl (C=O) groups excluding carboxylic acids is 1. The van der Waals surface area contributed by atoms with E-state index in [1.165, 1.54) is 12.7 Å². The number of H-pyrrole nitrogens is 1. The largest absolute Gasteiger partial charge is 0.469 e. The smallest absolute Gasteiger partial charge is 0.335 e. The van der Waals surface area contributed by atoms with Gasteiger partial charge in [-0.3, -0.25) is 14.9 Å². The number of aromatic amines is 1. The summed E-state index contributed by atoms with van der Waals surface area (Å²) in [6, 6.07) is 12.6. The van der Waals surface area contributed by atoms with Crippen LogP contribution in [0.1, 0.15) is 52.1 Å². The third-order valence-electron chi connectivity index (χ3n) is 5.53. The number of hydrogen-bond acceptors (Lipinski definition) is 6. The number of allylic oxidation sites excluding steroid dienone is 2. The summed E-state index contributed by atoms with van der Waals surface area (Å²) in [6.07, 6.45) is 7.42. The number of aromatic nitrogens is 4. The number of nitrogens with one attached hydrogen (secondary N) is 1. The lowest BCUT2D eigenvalue weighted by atomic mass is 9.86. The Balaban J connectivity index is 0.00000149. The maximum Gasteiger partial charge on any atom is 0.335 e. The lowest BCUT2D eigenvalue weighted by Gasteiger charge is -2.20. The molecule has 2 aromatic heterocycles. The number of ether oxygens (including phenoxy) is 2. The molecule has 1 aromatic carbocycles. The van der Waals surface area contributed by atoms with Crippen LogP contribution in [-0.2, 0) is 9.53 Å². The van der Waals surface area contributed by atoms with Crippen molar-refractivity contribution >= 4 is 11.5 Å². The number of benzene rings is 1. The molecule has 4 rings (SSSR count). The number of rotatable bonds is 7. The predicted molar refractivity (Wildman–Crippen MR) is 130 cm³/mol. The number of methoxy groups -OCH3 is 1. The Hall–Kier alpha value is -3.48. The van der Waals surface area contributed by atoms with Crippen molar-refractivity contribution in [3.63, 3.8) is 0 Å². The lowest BCUT2D eigenvalue weighted by molar-refractivity contribution is -0.141. The van der Waals surface area contributed by atoms with Gasteiger partial charge in [0.05, 0.1) is 19.4 Å². The quantitative estimate of drug-likeness (QED) is 0.466. The molecule has 3 aromatic rings. The molecular formula is C26H32N4O3. The molecule has 7 nitrogen and oxygen atoms in total. The highest BCUT2D eigenvalue weighted by Gasteiger charge is 2.19. The van der Waals surface area contributed by atoms with Crippen LogP contribution in [0.3, 0.4) is 0 Å². The van der Waals surface area contributed by atoms with Gasteiger partial charge in [0.1, 0.15) is 0 Å². The summed E-state index contributed by atoms with van der Waals surface area (Å²) >= 11 is 0. The van der Waals surface area contributed by atoms with Crippen LogP contribution in [0.5, 0.6) is 6.01 Å². The Morgan fingerprint density at radius 1 is 1.09 bits per heavy atom. The predicted octanol–water partition coefficient (Wildman–Crippen LogP) is 5.71. The SMILES string of the molecule is CC.CCOc1n[nH]c(-c2ccc(-c3ccc(C4=CCC(CC(=O)OC)CC4)nc3)cc2)n1. The van der Waals surface area contributed by atoms with Gasteiger partial charge >= 0.3 is 12.0 Å². The molecule has 2 heterocycles. The molecule has 174 valence electrons. The number of esters is 1. The fourth-order valence-electron chi connectivity index (χ4n) is 3.77. The van der Waals surface area contributed by atoms with Gasteiger partial charge in [-0.2, -0.15) is 4.98 Å². The van der Waals surface area contributed by atoms with Gasteiger partial charge in [-0.1, -0.05) is 50.3 Å². The zero-order chi connectivity index (χ0) is 23.6. The zero-order valence-electron chi connectivity index (χ0n) is 19.8. The first-order valence-corrected chi connectivity index (χ1v) is 11.5. The molecule has 0 saturated heterocycles. The van der Waals surface area contributed by atoms with Crippen LogP contribution in [0.15, 0.2) is 48.7 Å². The van der Waals surface area contributed by atoms with Gasteiger partial charge < -0.3 is 9.47 Å². The average molecular weight is 449 g/mol. The summed E-state index contributed by atoms with van der Waals surface area (Å²) in [4.78, 5) is 20.5. The third kappa shape index (κ3) is 6.28. The summed E-state index contributed by atoms with van der Waals surface area (Å²) in [5, 5.41) is 6.94. The van der Waals surface area contributed by atoms with Crippen LogP contribution < -0.4 is 4.74 Å². The third-order valence-corrected chi connectivity index (χ3v) is 5.53. The molecule has 1 aliphatic carbocycles. The standard InChI is InChI=1S/C24H26N4O3.C2H6/c1-3-31-24-26-23(27-28-24)19-10-8-17(9-11-19)20-12-13-21(25-15-20)18-6-4-16(5-7-18)14-22(29)30-2;1-2/h6,8-13,15-16H,3-5,7,14H2,1-2H3,(H,26,27,28);1-2H3. The van der Waals surface area contributed by atoms with Crippen molar-refractivity contribution in [1.29, 1.82) is 0 Å². The average Bonchev–Trinajstić information content (AvgIpc) is 3.35. The minimum atomic E-state index is -0.131. The van der Waals surface area contributed by atoms with E-state index in [2.05, 4.69) is 38.4 Å². The van der Waals surface area contributed by atoms with Crippen molar-refractivity contribution in [3.05, 3.63) is 54.4 Å². The number of pyridine rings is 1. The topological polar surface area (TPSA) is 90.0 Å². The summed E-state index contributed by atoms with van der Waals surface area (Å²) in [6.45, 7) is 6.43. The Morgan fingerprint density at radius 2 is 1.82 bits per heavy atom. The second-order valence-corrected chi connectivity index (χ2v) is 7.56. The molecular weight excluding hydrogens is 416 g/mol. The van der Waals surface area contributed by atoms with Gasteiger partial charge in [-0.05, 0) is 49.3 Å². The van der Waals surface area contributed by atoms with E-state index in [9.17, 15) is 4.79 Å². The van der Waals surface area contributed by atoms with E-state index >= 15 is 0 Å². The summed E-state index contributed by atoms with van der Waals surface area (Å²) < 4.78 is 10.1. The number of nitrogens with zero attached hydrogens (tertiary/aromatic N) is 3. The number of hydrogen-bond donors (Lipinski definition) is 1. The van der Waals surface area contributed by atoms with E-state index in [0.717, 1.165) is 41.6 Å². The van der Waals surface area contributed by atoms with Gasteiger partial charge in [0, 0.05) is 23.7 Å². The molecule has 0 amide bonds. The second kappa shape index (κ2) is 11.9. The van der Waals surface area contributed by atoms with Gasteiger partial charge in [-0.25, -0.2) is 0 Å². The van der Waals surface area contributed by atoms with Crippen LogP contribution in [0, 0.1) is 5.92 Å². The van der Waals surface area contributed by atoms with Crippen molar-refractivity contribution < 1.29 is 14.3 Å². The van der Waals surface area contributed by atoms with E-state index in [-0.39, 0.29) is 5.97 Å². The molecule has 0 radical (unpaired) electrons. The summed E-state index contributed by atoms with van der Waals surface area (Å²) in [7, 11) is 1.44. The molecule has 0 fully saturated rings. The van der Waals surface area contributed by atoms with Crippen molar-refractivity contribution in [2.75, 3.05) is 13.7 Å².